The third-order valence-corrected chi connectivity index (χ3v) is 7.26. The second-order valence-electron chi connectivity index (χ2n) is 2.56. The first kappa shape index (κ1) is 13.0. The molecule has 0 fully saturated rings. The Morgan fingerprint density at radius 2 is 1.58 bits per heavy atom. The summed E-state index contributed by atoms with van der Waals surface area (Å²) in [4.78, 5) is 0. The molecule has 0 aromatic rings. The minimum absolute atomic E-state index is 0.148. The zero-order chi connectivity index (χ0) is 9.61. The van der Waals surface area contributed by atoms with E-state index in [-0.39, 0.29) is 9.52 Å². The summed E-state index contributed by atoms with van der Waals surface area (Å²) in [7, 11) is 0. The Morgan fingerprint density at radius 1 is 1.17 bits per heavy atom. The molecule has 1 unspecified atom stereocenters. The standard InChI is InChI=1S/C8H18OS3/c1-5-7(9)6-8(10-2,11-3)12-4/h7,9H,5-6H2,1-4H3. The predicted octanol–water partition coefficient (Wildman–Crippen LogP) is 2.89. The number of hydrogen-bond donors (Lipinski definition) is 1. The molecule has 0 aliphatic carbocycles. The molecule has 1 nitrogen and oxygen atoms in total. The fourth-order valence-electron chi connectivity index (χ4n) is 0.933. The average molecular weight is 226 g/mol. The largest absolute Gasteiger partial charge is 0.393 e. The first-order chi connectivity index (χ1) is 5.64. The molecule has 0 aromatic carbocycles. The maximum atomic E-state index is 9.55. The van der Waals surface area contributed by atoms with Crippen LogP contribution in [-0.2, 0) is 0 Å². The topological polar surface area (TPSA) is 20.2 Å². The minimum atomic E-state index is -0.155. The zero-order valence-electron chi connectivity index (χ0n) is 8.16. The van der Waals surface area contributed by atoms with Gasteiger partial charge in [-0.1, -0.05) is 6.92 Å². The van der Waals surface area contributed by atoms with Gasteiger partial charge in [-0.25, -0.2) is 0 Å². The summed E-state index contributed by atoms with van der Waals surface area (Å²) in [5.74, 6) is 0. The van der Waals surface area contributed by atoms with Crippen LogP contribution in [0.5, 0.6) is 0 Å². The lowest BCUT2D eigenvalue weighted by Crippen LogP contribution is -2.22. The lowest BCUT2D eigenvalue weighted by atomic mass is 10.2. The van der Waals surface area contributed by atoms with Crippen LogP contribution < -0.4 is 0 Å². The van der Waals surface area contributed by atoms with E-state index < -0.39 is 0 Å². The second-order valence-corrected chi connectivity index (χ2v) is 6.65. The van der Waals surface area contributed by atoms with Gasteiger partial charge in [0.25, 0.3) is 0 Å². The summed E-state index contributed by atoms with van der Waals surface area (Å²) in [6.07, 6.45) is 7.88. The van der Waals surface area contributed by atoms with E-state index in [1.807, 2.05) is 42.2 Å². The van der Waals surface area contributed by atoms with Crippen LogP contribution in [0.3, 0.4) is 0 Å². The average Bonchev–Trinajstić information content (AvgIpc) is 2.14. The van der Waals surface area contributed by atoms with Crippen molar-refractivity contribution in [2.75, 3.05) is 18.8 Å². The van der Waals surface area contributed by atoms with E-state index in [9.17, 15) is 5.11 Å². The molecule has 0 spiro atoms. The van der Waals surface area contributed by atoms with E-state index in [4.69, 9.17) is 0 Å². The Hall–Kier alpha value is 1.01. The highest BCUT2D eigenvalue weighted by Gasteiger charge is 2.29. The van der Waals surface area contributed by atoms with Gasteiger partial charge in [-0.2, -0.15) is 0 Å². The molecule has 0 heterocycles. The van der Waals surface area contributed by atoms with Crippen LogP contribution in [0.25, 0.3) is 0 Å². The number of aliphatic hydroxyl groups is 1. The van der Waals surface area contributed by atoms with Gasteiger partial charge in [0.15, 0.2) is 0 Å². The number of aliphatic hydroxyl groups excluding tert-OH is 1. The van der Waals surface area contributed by atoms with Crippen molar-refractivity contribution in [2.45, 2.75) is 29.3 Å². The Morgan fingerprint density at radius 3 is 1.83 bits per heavy atom. The first-order valence-corrected chi connectivity index (χ1v) is 7.65. The lowest BCUT2D eigenvalue weighted by Gasteiger charge is -2.29. The molecule has 0 amide bonds. The lowest BCUT2D eigenvalue weighted by molar-refractivity contribution is 0.163. The van der Waals surface area contributed by atoms with Crippen LogP contribution in [0.2, 0.25) is 0 Å². The molecule has 0 aliphatic heterocycles. The SMILES string of the molecule is CCC(O)CC(SC)(SC)SC. The van der Waals surface area contributed by atoms with Gasteiger partial charge in [0.1, 0.15) is 3.41 Å². The predicted molar refractivity (Wildman–Crippen MR) is 64.2 cm³/mol. The van der Waals surface area contributed by atoms with Gasteiger partial charge in [0.05, 0.1) is 6.10 Å². The van der Waals surface area contributed by atoms with Gasteiger partial charge in [0.2, 0.25) is 0 Å². The van der Waals surface area contributed by atoms with Crippen molar-refractivity contribution in [1.29, 1.82) is 0 Å². The molecule has 74 valence electrons. The molecular formula is C8H18OS3. The van der Waals surface area contributed by atoms with Gasteiger partial charge in [-0.3, -0.25) is 0 Å². The van der Waals surface area contributed by atoms with Crippen molar-refractivity contribution in [3.63, 3.8) is 0 Å². The third kappa shape index (κ3) is 3.81. The Kier molecular flexibility index (Phi) is 7.01. The van der Waals surface area contributed by atoms with E-state index in [0.717, 1.165) is 12.8 Å². The van der Waals surface area contributed by atoms with Crippen molar-refractivity contribution in [2.24, 2.45) is 0 Å². The highest BCUT2D eigenvalue weighted by molar-refractivity contribution is 8.33. The minimum Gasteiger partial charge on any atom is -0.393 e. The van der Waals surface area contributed by atoms with Crippen molar-refractivity contribution in [3.05, 3.63) is 0 Å². The van der Waals surface area contributed by atoms with Crippen LogP contribution >= 0.6 is 35.3 Å². The highest BCUT2D eigenvalue weighted by atomic mass is 32.3. The maximum Gasteiger partial charge on any atom is 0.108 e. The van der Waals surface area contributed by atoms with E-state index in [1.54, 1.807) is 0 Å². The molecule has 4 heteroatoms. The van der Waals surface area contributed by atoms with Gasteiger partial charge in [-0.05, 0) is 25.2 Å². The van der Waals surface area contributed by atoms with Crippen molar-refractivity contribution < 1.29 is 5.11 Å². The van der Waals surface area contributed by atoms with Crippen molar-refractivity contribution in [1.82, 2.24) is 0 Å². The molecular weight excluding hydrogens is 208 g/mol. The van der Waals surface area contributed by atoms with Crippen molar-refractivity contribution >= 4 is 35.3 Å². The molecule has 0 bridgehead atoms. The van der Waals surface area contributed by atoms with Crippen LogP contribution in [0, 0.1) is 0 Å². The summed E-state index contributed by atoms with van der Waals surface area (Å²) in [6, 6.07) is 0. The third-order valence-electron chi connectivity index (χ3n) is 1.89. The van der Waals surface area contributed by atoms with E-state index in [2.05, 4.69) is 18.8 Å². The van der Waals surface area contributed by atoms with Crippen molar-refractivity contribution in [3.8, 4) is 0 Å². The monoisotopic (exact) mass is 226 g/mol. The molecule has 0 aliphatic rings. The fraction of sp³-hybridized carbons (Fsp3) is 1.00. The van der Waals surface area contributed by atoms with E-state index >= 15 is 0 Å². The summed E-state index contributed by atoms with van der Waals surface area (Å²) in [5.41, 5.74) is 0. The summed E-state index contributed by atoms with van der Waals surface area (Å²) >= 11 is 5.48. The number of hydrogen-bond acceptors (Lipinski definition) is 4. The first-order valence-electron chi connectivity index (χ1n) is 3.97. The smallest absolute Gasteiger partial charge is 0.108 e. The van der Waals surface area contributed by atoms with Gasteiger partial charge in [-0.15, -0.1) is 35.3 Å². The van der Waals surface area contributed by atoms with Crippen LogP contribution in [0.1, 0.15) is 19.8 Å². The highest BCUT2D eigenvalue weighted by Crippen LogP contribution is 2.46. The number of thioether (sulfide) groups is 3. The van der Waals surface area contributed by atoms with Gasteiger partial charge in [0, 0.05) is 6.42 Å². The van der Waals surface area contributed by atoms with E-state index in [1.165, 1.54) is 0 Å². The quantitative estimate of drug-likeness (QED) is 0.702. The fourth-order valence-corrected chi connectivity index (χ4v) is 4.01. The Labute approximate surface area is 88.5 Å². The molecule has 0 saturated carbocycles. The van der Waals surface area contributed by atoms with E-state index in [0.29, 0.717) is 0 Å². The van der Waals surface area contributed by atoms with Gasteiger partial charge >= 0.3 is 0 Å². The molecule has 0 saturated heterocycles. The molecule has 0 radical (unpaired) electrons. The summed E-state index contributed by atoms with van der Waals surface area (Å²) in [5, 5.41) is 9.55. The van der Waals surface area contributed by atoms with Gasteiger partial charge < -0.3 is 5.11 Å². The molecule has 1 atom stereocenters. The summed E-state index contributed by atoms with van der Waals surface area (Å²) < 4.78 is 0.148. The number of rotatable bonds is 6. The Bertz CT molecular complexity index is 107. The second kappa shape index (κ2) is 6.46. The molecule has 0 aromatic heterocycles. The Balaban J connectivity index is 4.09. The normalized spacial score (nSPS) is 14.8. The zero-order valence-corrected chi connectivity index (χ0v) is 10.6. The van der Waals surface area contributed by atoms with Crippen LogP contribution in [0.15, 0.2) is 0 Å². The van der Waals surface area contributed by atoms with Crippen LogP contribution in [-0.4, -0.2) is 33.4 Å². The molecule has 0 rings (SSSR count). The maximum absolute atomic E-state index is 9.55. The van der Waals surface area contributed by atoms with Crippen LogP contribution in [0.4, 0.5) is 0 Å². The molecule has 12 heavy (non-hydrogen) atoms. The summed E-state index contributed by atoms with van der Waals surface area (Å²) in [6.45, 7) is 2.02. The molecule has 1 N–H and O–H groups in total.